The Morgan fingerprint density at radius 1 is 0.378 bits per heavy atom. The molecule has 0 aliphatic rings. The summed E-state index contributed by atoms with van der Waals surface area (Å²) in [5.41, 5.74) is 4.43. The van der Waals surface area contributed by atoms with E-state index < -0.39 is 0 Å². The Hall–Kier alpha value is -4.48. The lowest BCUT2D eigenvalue weighted by Crippen LogP contribution is -1.88. The van der Waals surface area contributed by atoms with Crippen LogP contribution in [0.25, 0.3) is 24.3 Å². The smallest absolute Gasteiger partial charge is 0.123 e. The second kappa shape index (κ2) is 15.5. The van der Waals surface area contributed by atoms with Crippen LogP contribution >= 0.6 is 0 Å². The highest BCUT2D eigenvalue weighted by Gasteiger charge is 2.00. The minimum atomic E-state index is 0. The molecule has 0 heterocycles. The molecule has 2 N–H and O–H groups in total. The molecule has 0 aliphatic carbocycles. The molecular weight excluding hydrogens is 464 g/mol. The summed E-state index contributed by atoms with van der Waals surface area (Å²) in [5, 5.41) is 0. The maximum atomic E-state index is 5.24. The molecule has 5 nitrogen and oxygen atoms in total. The quantitative estimate of drug-likeness (QED) is 0.247. The van der Waals surface area contributed by atoms with Gasteiger partial charge in [-0.05, 0) is 46.5 Å². The van der Waals surface area contributed by atoms with Gasteiger partial charge in [0.1, 0.15) is 23.0 Å². The van der Waals surface area contributed by atoms with Crippen LogP contribution in [0.15, 0.2) is 97.1 Å². The van der Waals surface area contributed by atoms with Crippen molar-refractivity contribution >= 4 is 24.3 Å². The van der Waals surface area contributed by atoms with Crippen molar-refractivity contribution in [3.8, 4) is 23.0 Å². The third kappa shape index (κ3) is 9.59. The van der Waals surface area contributed by atoms with Gasteiger partial charge >= 0.3 is 0 Å². The van der Waals surface area contributed by atoms with Crippen LogP contribution in [-0.4, -0.2) is 33.9 Å². The van der Waals surface area contributed by atoms with Crippen molar-refractivity contribution in [2.24, 2.45) is 0 Å². The van der Waals surface area contributed by atoms with Crippen LogP contribution in [0.1, 0.15) is 22.3 Å². The van der Waals surface area contributed by atoms with Gasteiger partial charge in [-0.3, -0.25) is 0 Å². The lowest BCUT2D eigenvalue weighted by molar-refractivity contribution is 0.394. The molecule has 0 bridgehead atoms. The SMILES string of the molecule is COc1cc(C=Cc2ccccc2)cc(OC)c1.COc1cc(C=Cc2ccccc2)cc(OC)c1.O. The van der Waals surface area contributed by atoms with E-state index in [2.05, 4.69) is 36.4 Å². The van der Waals surface area contributed by atoms with Gasteiger partial charge < -0.3 is 24.4 Å². The van der Waals surface area contributed by atoms with E-state index in [4.69, 9.17) is 18.9 Å². The predicted octanol–water partition coefficient (Wildman–Crippen LogP) is 6.92. The normalized spacial score (nSPS) is 10.3. The third-order valence-electron chi connectivity index (χ3n) is 5.28. The first kappa shape index (κ1) is 28.8. The van der Waals surface area contributed by atoms with Gasteiger partial charge in [0.25, 0.3) is 0 Å². The minimum Gasteiger partial charge on any atom is -0.497 e. The molecule has 0 fully saturated rings. The Balaban J connectivity index is 0.000000253. The van der Waals surface area contributed by atoms with Gasteiger partial charge in [-0.15, -0.1) is 0 Å². The molecule has 0 spiro atoms. The van der Waals surface area contributed by atoms with Gasteiger partial charge in [-0.2, -0.15) is 0 Å². The molecule has 4 rings (SSSR count). The predicted molar refractivity (Wildman–Crippen MR) is 153 cm³/mol. The Morgan fingerprint density at radius 3 is 0.919 bits per heavy atom. The first-order valence-corrected chi connectivity index (χ1v) is 11.6. The molecule has 0 unspecified atom stereocenters. The minimum absolute atomic E-state index is 0. The fraction of sp³-hybridized carbons (Fsp3) is 0.125. The lowest BCUT2D eigenvalue weighted by Gasteiger charge is -2.05. The molecule has 4 aromatic rings. The largest absolute Gasteiger partial charge is 0.497 e. The molecule has 4 aromatic carbocycles. The summed E-state index contributed by atoms with van der Waals surface area (Å²) in [5.74, 6) is 3.17. The van der Waals surface area contributed by atoms with Crippen LogP contribution in [0.5, 0.6) is 23.0 Å². The highest BCUT2D eigenvalue weighted by atomic mass is 16.5. The number of benzene rings is 4. The topological polar surface area (TPSA) is 68.4 Å². The summed E-state index contributed by atoms with van der Waals surface area (Å²) in [7, 11) is 6.61. The van der Waals surface area contributed by atoms with Crippen LogP contribution < -0.4 is 18.9 Å². The molecule has 0 saturated carbocycles. The van der Waals surface area contributed by atoms with E-state index in [-0.39, 0.29) is 5.48 Å². The molecule has 0 radical (unpaired) electrons. The first-order valence-electron chi connectivity index (χ1n) is 11.6. The standard InChI is InChI=1S/2C16H16O2.H2O/c2*1-17-15-10-14(11-16(12-15)18-2)9-8-13-6-4-3-5-7-13;/h2*3-12H,1-2H3;1H2. The van der Waals surface area contributed by atoms with Crippen molar-refractivity contribution in [1.29, 1.82) is 0 Å². The Bertz CT molecular complexity index is 1120. The van der Waals surface area contributed by atoms with Crippen LogP contribution in [-0.2, 0) is 0 Å². The van der Waals surface area contributed by atoms with Crippen LogP contribution in [0.4, 0.5) is 0 Å². The Morgan fingerprint density at radius 2 is 0.649 bits per heavy atom. The molecule has 192 valence electrons. The van der Waals surface area contributed by atoms with Gasteiger partial charge in [0.2, 0.25) is 0 Å². The molecule has 0 amide bonds. The molecule has 0 atom stereocenters. The zero-order chi connectivity index (χ0) is 25.6. The molecule has 37 heavy (non-hydrogen) atoms. The van der Waals surface area contributed by atoms with Crippen molar-refractivity contribution in [1.82, 2.24) is 0 Å². The van der Waals surface area contributed by atoms with Crippen LogP contribution in [0.2, 0.25) is 0 Å². The van der Waals surface area contributed by atoms with Crippen LogP contribution in [0, 0.1) is 0 Å². The fourth-order valence-electron chi connectivity index (χ4n) is 3.36. The second-order valence-electron chi connectivity index (χ2n) is 7.78. The average molecular weight is 499 g/mol. The van der Waals surface area contributed by atoms with E-state index in [1.54, 1.807) is 28.4 Å². The lowest BCUT2D eigenvalue weighted by atomic mass is 10.1. The van der Waals surface area contributed by atoms with Crippen molar-refractivity contribution in [3.05, 3.63) is 119 Å². The van der Waals surface area contributed by atoms with Crippen molar-refractivity contribution in [2.75, 3.05) is 28.4 Å². The molecule has 0 saturated heterocycles. The molecule has 0 aromatic heterocycles. The monoisotopic (exact) mass is 498 g/mol. The molecule has 0 aliphatic heterocycles. The number of hydrogen-bond acceptors (Lipinski definition) is 4. The zero-order valence-corrected chi connectivity index (χ0v) is 21.7. The first-order chi connectivity index (χ1) is 17.6. The van der Waals surface area contributed by atoms with Gasteiger partial charge in [0, 0.05) is 12.1 Å². The summed E-state index contributed by atoms with van der Waals surface area (Å²) >= 11 is 0. The summed E-state index contributed by atoms with van der Waals surface area (Å²) in [4.78, 5) is 0. The van der Waals surface area contributed by atoms with E-state index in [1.165, 1.54) is 11.1 Å². The van der Waals surface area contributed by atoms with E-state index in [9.17, 15) is 0 Å². The summed E-state index contributed by atoms with van der Waals surface area (Å²) in [6.07, 6.45) is 8.21. The summed E-state index contributed by atoms with van der Waals surface area (Å²) in [6, 6.07) is 32.0. The Kier molecular flexibility index (Phi) is 12.0. The van der Waals surface area contributed by atoms with Crippen molar-refractivity contribution in [3.63, 3.8) is 0 Å². The maximum Gasteiger partial charge on any atom is 0.123 e. The van der Waals surface area contributed by atoms with Gasteiger partial charge in [-0.1, -0.05) is 85.0 Å². The second-order valence-corrected chi connectivity index (χ2v) is 7.78. The number of rotatable bonds is 8. The van der Waals surface area contributed by atoms with Crippen molar-refractivity contribution in [2.45, 2.75) is 0 Å². The summed E-state index contributed by atoms with van der Waals surface area (Å²) in [6.45, 7) is 0. The molecular formula is C32H34O5. The highest BCUT2D eigenvalue weighted by molar-refractivity contribution is 5.71. The highest BCUT2D eigenvalue weighted by Crippen LogP contribution is 2.25. The van der Waals surface area contributed by atoms with E-state index in [0.717, 1.165) is 34.1 Å². The van der Waals surface area contributed by atoms with Gasteiger partial charge in [0.15, 0.2) is 0 Å². The zero-order valence-electron chi connectivity index (χ0n) is 21.7. The van der Waals surface area contributed by atoms with Gasteiger partial charge in [0.05, 0.1) is 28.4 Å². The van der Waals surface area contributed by atoms with E-state index in [1.807, 2.05) is 84.9 Å². The third-order valence-corrected chi connectivity index (χ3v) is 5.28. The van der Waals surface area contributed by atoms with Gasteiger partial charge in [-0.25, -0.2) is 0 Å². The summed E-state index contributed by atoms with van der Waals surface area (Å²) < 4.78 is 20.9. The van der Waals surface area contributed by atoms with Crippen LogP contribution in [0.3, 0.4) is 0 Å². The number of hydrogen-bond donors (Lipinski definition) is 0. The number of methoxy groups -OCH3 is 4. The average Bonchev–Trinajstić information content (AvgIpc) is 2.96. The fourth-order valence-corrected chi connectivity index (χ4v) is 3.36. The maximum absolute atomic E-state index is 5.24. The molecule has 5 heteroatoms. The van der Waals surface area contributed by atoms with E-state index >= 15 is 0 Å². The van der Waals surface area contributed by atoms with Crippen molar-refractivity contribution < 1.29 is 24.4 Å². The van der Waals surface area contributed by atoms with E-state index in [0.29, 0.717) is 0 Å². The number of ether oxygens (including phenoxy) is 4. The Labute approximate surface area is 219 Å².